The van der Waals surface area contributed by atoms with Gasteiger partial charge in [-0.15, -0.1) is 0 Å². The highest BCUT2D eigenvalue weighted by atomic mass is 16.7. The summed E-state index contributed by atoms with van der Waals surface area (Å²) >= 11 is 0. The fourth-order valence-corrected chi connectivity index (χ4v) is 1.91. The lowest BCUT2D eigenvalue weighted by molar-refractivity contribution is 0.0912. The van der Waals surface area contributed by atoms with Gasteiger partial charge in [-0.3, -0.25) is 0 Å². The van der Waals surface area contributed by atoms with E-state index >= 15 is 0 Å². The van der Waals surface area contributed by atoms with Crippen molar-refractivity contribution < 1.29 is 18.9 Å². The number of benzene rings is 1. The normalized spacial score (nSPS) is 14.6. The van der Waals surface area contributed by atoms with Crippen molar-refractivity contribution in [3.05, 3.63) is 17.7 Å². The van der Waals surface area contributed by atoms with Gasteiger partial charge in [-0.25, -0.2) is 0 Å². The van der Waals surface area contributed by atoms with E-state index in [4.69, 9.17) is 24.7 Å². The summed E-state index contributed by atoms with van der Waals surface area (Å²) in [5.74, 6) is 2.26. The molecule has 0 amide bonds. The maximum Gasteiger partial charge on any atom is 0.231 e. The van der Waals surface area contributed by atoms with Crippen LogP contribution in [-0.2, 0) is 11.2 Å². The third kappa shape index (κ3) is 2.86. The van der Waals surface area contributed by atoms with Crippen LogP contribution in [0.15, 0.2) is 12.1 Å². The summed E-state index contributed by atoms with van der Waals surface area (Å²) in [4.78, 5) is 0. The van der Waals surface area contributed by atoms with Crippen molar-refractivity contribution in [3.63, 3.8) is 0 Å². The largest absolute Gasteiger partial charge is 0.488 e. The van der Waals surface area contributed by atoms with Gasteiger partial charge in [0, 0.05) is 13.2 Å². The Morgan fingerprint density at radius 2 is 2.06 bits per heavy atom. The maximum atomic E-state index is 5.85. The Labute approximate surface area is 107 Å². The number of hydrogen-bond donors (Lipinski definition) is 1. The highest BCUT2D eigenvalue weighted by Gasteiger charge is 2.18. The molecule has 1 aromatic rings. The topological polar surface area (TPSA) is 62.9 Å². The second-order valence-electron chi connectivity index (χ2n) is 4.24. The predicted molar refractivity (Wildman–Crippen MR) is 67.3 cm³/mol. The van der Waals surface area contributed by atoms with Crippen LogP contribution >= 0.6 is 0 Å². The van der Waals surface area contributed by atoms with Crippen molar-refractivity contribution in [2.24, 2.45) is 5.73 Å². The van der Waals surface area contributed by atoms with E-state index in [0.717, 1.165) is 29.2 Å². The van der Waals surface area contributed by atoms with Crippen LogP contribution in [-0.4, -0.2) is 33.2 Å². The van der Waals surface area contributed by atoms with Gasteiger partial charge in [-0.05, 0) is 31.5 Å². The summed E-state index contributed by atoms with van der Waals surface area (Å²) in [6.07, 6.45) is 0.720. The Hall–Kier alpha value is -1.46. The number of fused-ring (bicyclic) bond motifs is 1. The summed E-state index contributed by atoms with van der Waals surface area (Å²) in [7, 11) is 1.65. The first kappa shape index (κ1) is 13.0. The predicted octanol–water partition coefficient (Wildman–Crippen LogP) is 1.33. The van der Waals surface area contributed by atoms with Crippen molar-refractivity contribution in [2.75, 3.05) is 27.1 Å². The second kappa shape index (κ2) is 5.93. The molecule has 0 saturated heterocycles. The third-order valence-corrected chi connectivity index (χ3v) is 2.70. The van der Waals surface area contributed by atoms with Crippen LogP contribution in [0.2, 0.25) is 0 Å². The van der Waals surface area contributed by atoms with Crippen LogP contribution in [0, 0.1) is 0 Å². The molecule has 18 heavy (non-hydrogen) atoms. The zero-order chi connectivity index (χ0) is 13.0. The van der Waals surface area contributed by atoms with Gasteiger partial charge in [-0.1, -0.05) is 0 Å². The van der Waals surface area contributed by atoms with Crippen molar-refractivity contribution >= 4 is 0 Å². The smallest absolute Gasteiger partial charge is 0.231 e. The molecular formula is C13H19NO4. The fraction of sp³-hybridized carbons (Fsp3) is 0.538. The Balaban J connectivity index is 2.20. The Bertz CT molecular complexity index is 408. The molecule has 100 valence electrons. The summed E-state index contributed by atoms with van der Waals surface area (Å²) < 4.78 is 21.6. The van der Waals surface area contributed by atoms with Gasteiger partial charge in [0.2, 0.25) is 6.79 Å². The Morgan fingerprint density at radius 3 is 2.72 bits per heavy atom. The van der Waals surface area contributed by atoms with Crippen LogP contribution in [0.25, 0.3) is 0 Å². The van der Waals surface area contributed by atoms with E-state index in [0.29, 0.717) is 13.2 Å². The quantitative estimate of drug-likeness (QED) is 0.828. The number of rotatable bonds is 6. The zero-order valence-corrected chi connectivity index (χ0v) is 10.8. The molecule has 1 aliphatic rings. The summed E-state index contributed by atoms with van der Waals surface area (Å²) in [6.45, 7) is 3.32. The standard InChI is InChI=1S/C13H19NO4/c1-9(7-15-2)18-11-6-13-12(16-8-17-13)5-10(11)3-4-14/h5-6,9H,3-4,7-8,14H2,1-2H3. The molecule has 0 saturated carbocycles. The van der Waals surface area contributed by atoms with Crippen molar-refractivity contribution in [3.8, 4) is 17.2 Å². The second-order valence-corrected chi connectivity index (χ2v) is 4.24. The monoisotopic (exact) mass is 253 g/mol. The highest BCUT2D eigenvalue weighted by molar-refractivity contribution is 5.52. The number of ether oxygens (including phenoxy) is 4. The van der Waals surface area contributed by atoms with Gasteiger partial charge >= 0.3 is 0 Å². The minimum absolute atomic E-state index is 0.0214. The minimum Gasteiger partial charge on any atom is -0.488 e. The lowest BCUT2D eigenvalue weighted by atomic mass is 10.1. The molecule has 2 N–H and O–H groups in total. The van der Waals surface area contributed by atoms with Crippen molar-refractivity contribution in [1.29, 1.82) is 0 Å². The molecular weight excluding hydrogens is 234 g/mol. The molecule has 0 bridgehead atoms. The van der Waals surface area contributed by atoms with Crippen LogP contribution in [0.3, 0.4) is 0 Å². The maximum absolute atomic E-state index is 5.85. The van der Waals surface area contributed by atoms with Crippen LogP contribution in [0.5, 0.6) is 17.2 Å². The molecule has 1 aliphatic heterocycles. The van der Waals surface area contributed by atoms with Crippen molar-refractivity contribution in [1.82, 2.24) is 0 Å². The molecule has 0 aliphatic carbocycles. The molecule has 5 heteroatoms. The van der Waals surface area contributed by atoms with E-state index in [2.05, 4.69) is 0 Å². The van der Waals surface area contributed by atoms with Gasteiger partial charge in [0.25, 0.3) is 0 Å². The molecule has 0 radical (unpaired) electrons. The summed E-state index contributed by atoms with van der Waals surface area (Å²) in [5.41, 5.74) is 6.64. The fourth-order valence-electron chi connectivity index (χ4n) is 1.91. The molecule has 5 nitrogen and oxygen atoms in total. The molecule has 1 aromatic carbocycles. The first-order valence-electron chi connectivity index (χ1n) is 6.02. The van der Waals surface area contributed by atoms with Gasteiger partial charge in [0.05, 0.1) is 6.61 Å². The average Bonchev–Trinajstić information content (AvgIpc) is 2.77. The Kier molecular flexibility index (Phi) is 4.28. The molecule has 0 fully saturated rings. The molecule has 1 heterocycles. The van der Waals surface area contributed by atoms with E-state index in [1.807, 2.05) is 19.1 Å². The van der Waals surface area contributed by atoms with E-state index in [9.17, 15) is 0 Å². The number of nitrogens with two attached hydrogens (primary N) is 1. The third-order valence-electron chi connectivity index (χ3n) is 2.70. The lowest BCUT2D eigenvalue weighted by Gasteiger charge is -2.17. The zero-order valence-electron chi connectivity index (χ0n) is 10.8. The first-order valence-corrected chi connectivity index (χ1v) is 6.02. The van der Waals surface area contributed by atoms with Gasteiger partial charge in [0.1, 0.15) is 11.9 Å². The van der Waals surface area contributed by atoms with E-state index in [1.165, 1.54) is 0 Å². The van der Waals surface area contributed by atoms with Crippen LogP contribution in [0.1, 0.15) is 12.5 Å². The lowest BCUT2D eigenvalue weighted by Crippen LogP contribution is -2.19. The SMILES string of the molecule is COCC(C)Oc1cc2c(cc1CCN)OCO2. The van der Waals surface area contributed by atoms with Gasteiger partial charge in [-0.2, -0.15) is 0 Å². The minimum atomic E-state index is -0.0214. The first-order chi connectivity index (χ1) is 8.74. The van der Waals surface area contributed by atoms with E-state index < -0.39 is 0 Å². The summed E-state index contributed by atoms with van der Waals surface area (Å²) in [5, 5.41) is 0. The van der Waals surface area contributed by atoms with Crippen molar-refractivity contribution in [2.45, 2.75) is 19.4 Å². The average molecular weight is 253 g/mol. The molecule has 0 spiro atoms. The summed E-state index contributed by atoms with van der Waals surface area (Å²) in [6, 6.07) is 3.80. The van der Waals surface area contributed by atoms with Gasteiger partial charge < -0.3 is 24.7 Å². The number of hydrogen-bond acceptors (Lipinski definition) is 5. The molecule has 2 rings (SSSR count). The number of methoxy groups -OCH3 is 1. The van der Waals surface area contributed by atoms with Gasteiger partial charge in [0.15, 0.2) is 11.5 Å². The van der Waals surface area contributed by atoms with Crippen LogP contribution in [0.4, 0.5) is 0 Å². The van der Waals surface area contributed by atoms with E-state index in [1.54, 1.807) is 7.11 Å². The molecule has 1 unspecified atom stereocenters. The molecule has 1 atom stereocenters. The van der Waals surface area contributed by atoms with E-state index in [-0.39, 0.29) is 12.9 Å². The Morgan fingerprint density at radius 1 is 1.33 bits per heavy atom. The van der Waals surface area contributed by atoms with Crippen LogP contribution < -0.4 is 19.9 Å². The highest BCUT2D eigenvalue weighted by Crippen LogP contribution is 2.38. The molecule has 0 aromatic heterocycles.